The highest BCUT2D eigenvalue weighted by atomic mass is 32.2. The fourth-order valence-corrected chi connectivity index (χ4v) is 4.46. The molecule has 8 heteroatoms. The smallest absolute Gasteiger partial charge is 0.349 e. The highest BCUT2D eigenvalue weighted by molar-refractivity contribution is 7.99. The van der Waals surface area contributed by atoms with Crippen molar-refractivity contribution in [3.63, 3.8) is 0 Å². The molecule has 0 radical (unpaired) electrons. The van der Waals surface area contributed by atoms with Crippen LogP contribution in [0.25, 0.3) is 11.0 Å². The van der Waals surface area contributed by atoms with Gasteiger partial charge < -0.3 is 18.9 Å². The summed E-state index contributed by atoms with van der Waals surface area (Å²) in [5, 5.41) is 3.53. The number of nitrogens with zero attached hydrogens (tertiary/aromatic N) is 1. The number of ether oxygens (including phenoxy) is 1. The van der Waals surface area contributed by atoms with Gasteiger partial charge in [-0.15, -0.1) is 0 Å². The lowest BCUT2D eigenvalue weighted by atomic mass is 10.1. The number of hydrogen-bond acceptors (Lipinski definition) is 7. The van der Waals surface area contributed by atoms with Crippen molar-refractivity contribution in [1.82, 2.24) is 10.2 Å². The molecule has 0 aliphatic carbocycles. The van der Waals surface area contributed by atoms with Crippen LogP contribution >= 0.6 is 11.8 Å². The third kappa shape index (κ3) is 4.18. The second kappa shape index (κ2) is 8.75. The van der Waals surface area contributed by atoms with Gasteiger partial charge in [-0.1, -0.05) is 12.1 Å². The Morgan fingerprint density at radius 2 is 2.14 bits per heavy atom. The van der Waals surface area contributed by atoms with Gasteiger partial charge in [0.25, 0.3) is 5.91 Å². The van der Waals surface area contributed by atoms with Gasteiger partial charge in [0, 0.05) is 42.1 Å². The van der Waals surface area contributed by atoms with Gasteiger partial charge >= 0.3 is 5.63 Å². The average molecular weight is 414 g/mol. The lowest BCUT2D eigenvalue weighted by molar-refractivity contribution is 0.0931. The number of furan rings is 1. The Balaban J connectivity index is 1.55. The summed E-state index contributed by atoms with van der Waals surface area (Å²) in [5.41, 5.74) is 0.630. The molecule has 1 atom stereocenters. The molecule has 152 valence electrons. The van der Waals surface area contributed by atoms with Crippen LogP contribution in [0.1, 0.15) is 22.0 Å². The van der Waals surface area contributed by atoms with Gasteiger partial charge in [-0.25, -0.2) is 4.79 Å². The van der Waals surface area contributed by atoms with Crippen molar-refractivity contribution in [3.8, 4) is 5.75 Å². The largest absolute Gasteiger partial charge is 0.493 e. The normalized spacial score (nSPS) is 15.9. The molecule has 1 N–H and O–H groups in total. The van der Waals surface area contributed by atoms with Crippen LogP contribution in [0.4, 0.5) is 0 Å². The lowest BCUT2D eigenvalue weighted by Gasteiger charge is -2.33. The van der Waals surface area contributed by atoms with Crippen LogP contribution in [0.3, 0.4) is 0 Å². The first-order valence-corrected chi connectivity index (χ1v) is 10.6. The van der Waals surface area contributed by atoms with Crippen molar-refractivity contribution in [2.75, 3.05) is 38.2 Å². The summed E-state index contributed by atoms with van der Waals surface area (Å²) < 4.78 is 15.8. The molecular formula is C21H22N2O5S. The second-order valence-corrected chi connectivity index (χ2v) is 7.98. The first kappa shape index (κ1) is 19.6. The zero-order chi connectivity index (χ0) is 20.2. The third-order valence-corrected chi connectivity index (χ3v) is 6.00. The molecule has 1 saturated heterocycles. The maximum atomic E-state index is 12.8. The molecule has 1 unspecified atom stereocenters. The minimum atomic E-state index is -0.686. The monoisotopic (exact) mass is 414 g/mol. The number of para-hydroxylation sites is 1. The summed E-state index contributed by atoms with van der Waals surface area (Å²) >= 11 is 1.92. The molecular weight excluding hydrogens is 392 g/mol. The van der Waals surface area contributed by atoms with Crippen LogP contribution in [-0.2, 0) is 0 Å². The molecule has 0 saturated carbocycles. The van der Waals surface area contributed by atoms with E-state index in [1.54, 1.807) is 36.8 Å². The molecule has 0 bridgehead atoms. The van der Waals surface area contributed by atoms with E-state index < -0.39 is 11.5 Å². The van der Waals surface area contributed by atoms with E-state index in [-0.39, 0.29) is 11.6 Å². The number of rotatable bonds is 6. The van der Waals surface area contributed by atoms with Crippen LogP contribution in [0.5, 0.6) is 5.75 Å². The number of hydrogen-bond donors (Lipinski definition) is 1. The van der Waals surface area contributed by atoms with Crippen molar-refractivity contribution in [2.24, 2.45) is 0 Å². The van der Waals surface area contributed by atoms with E-state index in [2.05, 4.69) is 10.2 Å². The maximum Gasteiger partial charge on any atom is 0.349 e. The van der Waals surface area contributed by atoms with E-state index >= 15 is 0 Å². The molecule has 4 rings (SSSR count). The Bertz CT molecular complexity index is 1040. The number of amides is 1. The Morgan fingerprint density at radius 1 is 1.31 bits per heavy atom. The molecule has 2 aromatic heterocycles. The first-order chi connectivity index (χ1) is 14.2. The number of benzene rings is 1. The quantitative estimate of drug-likeness (QED) is 0.621. The fourth-order valence-electron chi connectivity index (χ4n) is 3.53. The third-order valence-electron chi connectivity index (χ3n) is 5.06. The summed E-state index contributed by atoms with van der Waals surface area (Å²) in [6.45, 7) is 2.25. The summed E-state index contributed by atoms with van der Waals surface area (Å²) in [6.07, 6.45) is 3.34. The van der Waals surface area contributed by atoms with Crippen molar-refractivity contribution < 1.29 is 18.4 Å². The molecule has 1 aromatic carbocycles. The van der Waals surface area contributed by atoms with Gasteiger partial charge in [0.15, 0.2) is 11.3 Å². The Kier molecular flexibility index (Phi) is 5.92. The van der Waals surface area contributed by atoms with Gasteiger partial charge in [-0.05, 0) is 18.2 Å². The van der Waals surface area contributed by atoms with E-state index in [0.717, 1.165) is 30.2 Å². The molecule has 1 aliphatic rings. The second-order valence-electron chi connectivity index (χ2n) is 6.76. The highest BCUT2D eigenvalue weighted by Crippen LogP contribution is 2.26. The molecule has 1 amide bonds. The Hall–Kier alpha value is -2.71. The van der Waals surface area contributed by atoms with Gasteiger partial charge in [-0.2, -0.15) is 11.8 Å². The number of thioether (sulfide) groups is 1. The van der Waals surface area contributed by atoms with Crippen molar-refractivity contribution in [3.05, 3.63) is 64.4 Å². The predicted octanol–water partition coefficient (Wildman–Crippen LogP) is 2.91. The maximum absolute atomic E-state index is 12.8. The Morgan fingerprint density at radius 3 is 2.86 bits per heavy atom. The highest BCUT2D eigenvalue weighted by Gasteiger charge is 2.25. The van der Waals surface area contributed by atoms with E-state index in [1.165, 1.54) is 7.11 Å². The van der Waals surface area contributed by atoms with Crippen molar-refractivity contribution >= 4 is 28.6 Å². The summed E-state index contributed by atoms with van der Waals surface area (Å²) in [5.74, 6) is 2.11. The van der Waals surface area contributed by atoms with Crippen molar-refractivity contribution in [2.45, 2.75) is 6.04 Å². The molecule has 3 aromatic rings. The standard InChI is InChI=1S/C21H22N2O5S/c1-26-18-4-2-3-14-11-16(21(25)28-19(14)18)20(24)22-12-17(15-5-8-27-13-15)23-6-9-29-10-7-23/h2-5,8,11,13,17H,6-7,9-10,12H2,1H3,(H,22,24). The first-order valence-electron chi connectivity index (χ1n) is 9.40. The molecule has 7 nitrogen and oxygen atoms in total. The molecule has 3 heterocycles. The lowest BCUT2D eigenvalue weighted by Crippen LogP contribution is -2.42. The van der Waals surface area contributed by atoms with Crippen molar-refractivity contribution in [1.29, 1.82) is 0 Å². The fraction of sp³-hybridized carbons (Fsp3) is 0.333. The number of carbonyl (C=O) groups excluding carboxylic acids is 1. The van der Waals surface area contributed by atoms with Gasteiger partial charge in [-0.3, -0.25) is 9.69 Å². The SMILES string of the molecule is COc1cccc2cc(C(=O)NCC(c3ccoc3)N3CCSCC3)c(=O)oc12. The number of fused-ring (bicyclic) bond motifs is 1. The van der Waals surface area contributed by atoms with E-state index in [9.17, 15) is 9.59 Å². The molecule has 1 fully saturated rings. The molecule has 0 spiro atoms. The van der Waals surface area contributed by atoms with Gasteiger partial charge in [0.2, 0.25) is 0 Å². The minimum absolute atomic E-state index is 0.00816. The van der Waals surface area contributed by atoms with Crippen LogP contribution in [0.15, 0.2) is 56.5 Å². The number of nitrogens with one attached hydrogen (secondary N) is 1. The van der Waals surface area contributed by atoms with Crippen LogP contribution < -0.4 is 15.7 Å². The minimum Gasteiger partial charge on any atom is -0.493 e. The van der Waals surface area contributed by atoms with Crippen LogP contribution in [-0.4, -0.2) is 49.1 Å². The average Bonchev–Trinajstić information content (AvgIpc) is 3.28. The number of carbonyl (C=O) groups is 1. The Labute approximate surface area is 172 Å². The predicted molar refractivity (Wildman–Crippen MR) is 112 cm³/mol. The molecule has 29 heavy (non-hydrogen) atoms. The zero-order valence-corrected chi connectivity index (χ0v) is 16.9. The molecule has 1 aliphatic heterocycles. The van der Waals surface area contributed by atoms with Gasteiger partial charge in [0.05, 0.1) is 25.7 Å². The van der Waals surface area contributed by atoms with E-state index in [0.29, 0.717) is 23.3 Å². The van der Waals surface area contributed by atoms with E-state index in [1.807, 2.05) is 17.8 Å². The zero-order valence-electron chi connectivity index (χ0n) is 16.1. The summed E-state index contributed by atoms with van der Waals surface area (Å²) in [6, 6.07) is 8.71. The summed E-state index contributed by atoms with van der Waals surface area (Å²) in [4.78, 5) is 27.5. The van der Waals surface area contributed by atoms with E-state index in [4.69, 9.17) is 13.6 Å². The topological polar surface area (TPSA) is 84.9 Å². The number of methoxy groups -OCH3 is 1. The summed E-state index contributed by atoms with van der Waals surface area (Å²) in [7, 11) is 1.50. The van der Waals surface area contributed by atoms with Crippen LogP contribution in [0.2, 0.25) is 0 Å². The van der Waals surface area contributed by atoms with Crippen LogP contribution in [0, 0.1) is 0 Å². The van der Waals surface area contributed by atoms with Gasteiger partial charge in [0.1, 0.15) is 5.56 Å².